The fraction of sp³-hybridized carbons (Fsp3) is 0.278. The first-order valence-corrected chi connectivity index (χ1v) is 7.49. The van der Waals surface area contributed by atoms with Gasteiger partial charge in [0.2, 0.25) is 5.91 Å². The first-order chi connectivity index (χ1) is 11.1. The molecule has 2 atom stereocenters. The van der Waals surface area contributed by atoms with Crippen molar-refractivity contribution in [3.8, 4) is 0 Å². The van der Waals surface area contributed by atoms with Crippen LogP contribution in [0.3, 0.4) is 0 Å². The largest absolute Gasteiger partial charge is 0.388 e. The minimum atomic E-state index is -1.05. The third-order valence-corrected chi connectivity index (χ3v) is 3.54. The fourth-order valence-electron chi connectivity index (χ4n) is 2.27. The summed E-state index contributed by atoms with van der Waals surface area (Å²) in [6.07, 6.45) is -1.47. The van der Waals surface area contributed by atoms with Crippen molar-refractivity contribution in [1.82, 2.24) is 5.32 Å². The maximum Gasteiger partial charge on any atom is 0.222 e. The molecule has 0 fully saturated rings. The van der Waals surface area contributed by atoms with E-state index in [0.717, 1.165) is 5.56 Å². The van der Waals surface area contributed by atoms with Gasteiger partial charge in [0.25, 0.3) is 0 Å². The minimum absolute atomic E-state index is 0.148. The number of rotatable bonds is 7. The number of aliphatic hydroxyl groups is 2. The highest BCUT2D eigenvalue weighted by Crippen LogP contribution is 2.18. The van der Waals surface area contributed by atoms with E-state index >= 15 is 0 Å². The molecule has 0 spiro atoms. The number of amides is 1. The maximum absolute atomic E-state index is 13.1. The number of carbonyl (C=O) groups excluding carboxylic acids is 1. The lowest BCUT2D eigenvalue weighted by Gasteiger charge is -2.13. The maximum atomic E-state index is 13.1. The zero-order valence-corrected chi connectivity index (χ0v) is 12.7. The average molecular weight is 317 g/mol. The molecule has 0 saturated heterocycles. The second-order valence-electron chi connectivity index (χ2n) is 5.34. The molecule has 0 aliphatic carbocycles. The monoisotopic (exact) mass is 317 g/mol. The number of aliphatic hydroxyl groups excluding tert-OH is 2. The molecule has 0 heterocycles. The lowest BCUT2D eigenvalue weighted by Crippen LogP contribution is -2.27. The summed E-state index contributed by atoms with van der Waals surface area (Å²) in [5.74, 6) is -0.796. The zero-order chi connectivity index (χ0) is 16.7. The van der Waals surface area contributed by atoms with Gasteiger partial charge in [-0.1, -0.05) is 42.5 Å². The lowest BCUT2D eigenvalue weighted by molar-refractivity contribution is -0.123. The van der Waals surface area contributed by atoms with Gasteiger partial charge >= 0.3 is 0 Å². The van der Waals surface area contributed by atoms with E-state index < -0.39 is 18.0 Å². The topological polar surface area (TPSA) is 69.6 Å². The van der Waals surface area contributed by atoms with Crippen molar-refractivity contribution in [3.63, 3.8) is 0 Å². The van der Waals surface area contributed by atoms with Crippen molar-refractivity contribution in [2.24, 2.45) is 0 Å². The second-order valence-corrected chi connectivity index (χ2v) is 5.34. The molecular weight excluding hydrogens is 297 g/mol. The Morgan fingerprint density at radius 3 is 2.39 bits per heavy atom. The van der Waals surface area contributed by atoms with Crippen LogP contribution >= 0.6 is 0 Å². The van der Waals surface area contributed by atoms with Crippen LogP contribution in [0, 0.1) is 5.82 Å². The molecule has 5 heteroatoms. The van der Waals surface area contributed by atoms with Gasteiger partial charge in [-0.15, -0.1) is 0 Å². The van der Waals surface area contributed by atoms with E-state index in [9.17, 15) is 19.4 Å². The summed E-state index contributed by atoms with van der Waals surface area (Å²) < 4.78 is 13.1. The standard InChI is InChI=1S/C18H20FNO3/c19-15-8-4-7-14(11-15)17(22)12-18(23)20-10-9-16(21)13-5-2-1-3-6-13/h1-8,11,16-17,21-22H,9-10,12H2,(H,20,23). The van der Waals surface area contributed by atoms with Gasteiger partial charge in [0.15, 0.2) is 0 Å². The van der Waals surface area contributed by atoms with Crippen LogP contribution in [0.5, 0.6) is 0 Å². The molecule has 2 rings (SSSR count). The summed E-state index contributed by atoms with van der Waals surface area (Å²) in [4.78, 5) is 11.8. The van der Waals surface area contributed by atoms with Gasteiger partial charge in [0.1, 0.15) is 5.82 Å². The van der Waals surface area contributed by atoms with E-state index in [0.29, 0.717) is 18.5 Å². The summed E-state index contributed by atoms with van der Waals surface area (Å²) in [6, 6.07) is 14.7. The quantitative estimate of drug-likeness (QED) is 0.735. The molecule has 0 aromatic heterocycles. The predicted octanol–water partition coefficient (Wildman–Crippen LogP) is 2.49. The van der Waals surface area contributed by atoms with Gasteiger partial charge in [0.05, 0.1) is 18.6 Å². The van der Waals surface area contributed by atoms with Crippen LogP contribution in [0.2, 0.25) is 0 Å². The SMILES string of the molecule is O=C(CC(O)c1cccc(F)c1)NCCC(O)c1ccccc1. The van der Waals surface area contributed by atoms with Gasteiger partial charge in [0, 0.05) is 6.54 Å². The first kappa shape index (κ1) is 17.1. The highest BCUT2D eigenvalue weighted by molar-refractivity contribution is 5.76. The molecule has 4 nitrogen and oxygen atoms in total. The van der Waals surface area contributed by atoms with Gasteiger partial charge in [-0.05, 0) is 29.7 Å². The molecule has 0 saturated carbocycles. The van der Waals surface area contributed by atoms with Crippen LogP contribution < -0.4 is 5.32 Å². The van der Waals surface area contributed by atoms with Crippen LogP contribution in [0.4, 0.5) is 4.39 Å². The van der Waals surface area contributed by atoms with Gasteiger partial charge in [-0.3, -0.25) is 4.79 Å². The van der Waals surface area contributed by atoms with Crippen LogP contribution in [0.15, 0.2) is 54.6 Å². The average Bonchev–Trinajstić information content (AvgIpc) is 2.55. The van der Waals surface area contributed by atoms with Crippen LogP contribution in [0.25, 0.3) is 0 Å². The van der Waals surface area contributed by atoms with Crippen molar-refractivity contribution in [1.29, 1.82) is 0 Å². The summed E-state index contributed by atoms with van der Waals surface area (Å²) in [5.41, 5.74) is 1.16. The zero-order valence-electron chi connectivity index (χ0n) is 12.7. The van der Waals surface area contributed by atoms with Crippen molar-refractivity contribution in [2.75, 3.05) is 6.54 Å². The molecule has 23 heavy (non-hydrogen) atoms. The Morgan fingerprint density at radius 2 is 1.70 bits per heavy atom. The smallest absolute Gasteiger partial charge is 0.222 e. The third-order valence-electron chi connectivity index (χ3n) is 3.54. The molecular formula is C18H20FNO3. The Labute approximate surface area is 134 Å². The summed E-state index contributed by atoms with van der Waals surface area (Å²) >= 11 is 0. The molecule has 122 valence electrons. The van der Waals surface area contributed by atoms with E-state index in [2.05, 4.69) is 5.32 Å². The van der Waals surface area contributed by atoms with Crippen LogP contribution in [-0.2, 0) is 4.79 Å². The van der Waals surface area contributed by atoms with Gasteiger partial charge in [-0.25, -0.2) is 4.39 Å². The molecule has 2 aromatic carbocycles. The number of halogens is 1. The molecule has 0 aliphatic heterocycles. The van der Waals surface area contributed by atoms with Gasteiger partial charge in [-0.2, -0.15) is 0 Å². The number of carbonyl (C=O) groups is 1. The first-order valence-electron chi connectivity index (χ1n) is 7.49. The van der Waals surface area contributed by atoms with Crippen molar-refractivity contribution < 1.29 is 19.4 Å². The van der Waals surface area contributed by atoms with E-state index in [1.165, 1.54) is 18.2 Å². The van der Waals surface area contributed by atoms with E-state index in [4.69, 9.17) is 0 Å². The van der Waals surface area contributed by atoms with Crippen molar-refractivity contribution in [3.05, 3.63) is 71.5 Å². The van der Waals surface area contributed by atoms with E-state index in [1.54, 1.807) is 6.07 Å². The normalized spacial score (nSPS) is 13.3. The Morgan fingerprint density at radius 1 is 1.00 bits per heavy atom. The summed E-state index contributed by atoms with van der Waals surface area (Å²) in [5, 5.41) is 22.6. The Hall–Kier alpha value is -2.24. The van der Waals surface area contributed by atoms with Gasteiger partial charge < -0.3 is 15.5 Å². The molecule has 1 amide bonds. The molecule has 0 aliphatic rings. The van der Waals surface area contributed by atoms with E-state index in [1.807, 2.05) is 30.3 Å². The molecule has 3 N–H and O–H groups in total. The summed E-state index contributed by atoms with van der Waals surface area (Å²) in [7, 11) is 0. The fourth-order valence-corrected chi connectivity index (χ4v) is 2.27. The van der Waals surface area contributed by atoms with Crippen molar-refractivity contribution in [2.45, 2.75) is 25.0 Å². The Bertz CT molecular complexity index is 633. The number of nitrogens with one attached hydrogen (secondary N) is 1. The molecule has 0 radical (unpaired) electrons. The molecule has 2 aromatic rings. The van der Waals surface area contributed by atoms with Crippen LogP contribution in [0.1, 0.15) is 36.2 Å². The molecule has 2 unspecified atom stereocenters. The minimum Gasteiger partial charge on any atom is -0.388 e. The Balaban J connectivity index is 1.75. The third kappa shape index (κ3) is 5.47. The number of benzene rings is 2. The van der Waals surface area contributed by atoms with Crippen molar-refractivity contribution >= 4 is 5.91 Å². The van der Waals surface area contributed by atoms with E-state index in [-0.39, 0.29) is 12.3 Å². The highest BCUT2D eigenvalue weighted by Gasteiger charge is 2.14. The number of hydrogen-bond acceptors (Lipinski definition) is 3. The number of hydrogen-bond donors (Lipinski definition) is 3. The lowest BCUT2D eigenvalue weighted by atomic mass is 10.1. The summed E-state index contributed by atoms with van der Waals surface area (Å²) in [6.45, 7) is 0.296. The van der Waals surface area contributed by atoms with Crippen LogP contribution in [-0.4, -0.2) is 22.7 Å². The molecule has 0 bridgehead atoms. The predicted molar refractivity (Wildman–Crippen MR) is 85.0 cm³/mol. The second kappa shape index (κ2) is 8.41. The highest BCUT2D eigenvalue weighted by atomic mass is 19.1. The Kier molecular flexibility index (Phi) is 6.26.